The number of benzene rings is 6. The summed E-state index contributed by atoms with van der Waals surface area (Å²) < 4.78 is 47.5. The van der Waals surface area contributed by atoms with Gasteiger partial charge in [-0.1, -0.05) is 18.2 Å². The highest BCUT2D eigenvalue weighted by Crippen LogP contribution is 2.44. The lowest BCUT2D eigenvalue weighted by Crippen LogP contribution is -2.08. The zero-order valence-electron chi connectivity index (χ0n) is 35.4. The Balaban J connectivity index is 1.19. The van der Waals surface area contributed by atoms with E-state index in [1.165, 1.54) is 6.07 Å². The van der Waals surface area contributed by atoms with Crippen LogP contribution < -0.4 is 0 Å². The fraction of sp³-hybridized carbons (Fsp3) is 0.0185. The van der Waals surface area contributed by atoms with Crippen molar-refractivity contribution >= 4 is 43.6 Å². The standard InChI is InChI=1S/C54H30F3N11/c55-54(56,57)37-7-1-6-32(26-37)38-12-17-48(67-44-13-8-33(50-59-18-2-19-60-50)27-39(44)40-28-34(9-14-45(40)67)51-61-20-3-21-62-51)43(31-58)49(38)68-46-15-10-35(52-63-22-4-23-64-52)29-41(46)42-30-36(11-16-47(42)68)53-65-24-5-25-66-53/h1-30H. The van der Waals surface area contributed by atoms with E-state index in [9.17, 15) is 18.4 Å². The van der Waals surface area contributed by atoms with Crippen LogP contribution >= 0.6 is 0 Å². The predicted octanol–water partition coefficient (Wildman–Crippen LogP) is 12.3. The number of hydrogen-bond donors (Lipinski definition) is 0. The maximum absolute atomic E-state index is 14.5. The molecular formula is C54H30F3N11. The summed E-state index contributed by atoms with van der Waals surface area (Å²) in [6.45, 7) is 0. The van der Waals surface area contributed by atoms with Gasteiger partial charge in [0.1, 0.15) is 11.6 Å². The molecule has 6 heterocycles. The summed E-state index contributed by atoms with van der Waals surface area (Å²) in [5, 5.41) is 15.0. The molecule has 14 heteroatoms. The Labute approximate surface area is 384 Å². The van der Waals surface area contributed by atoms with Crippen LogP contribution in [0.5, 0.6) is 0 Å². The number of alkyl halides is 3. The summed E-state index contributed by atoms with van der Waals surface area (Å²) in [7, 11) is 0. The topological polar surface area (TPSA) is 137 Å². The molecule has 0 fully saturated rings. The summed E-state index contributed by atoms with van der Waals surface area (Å²) in [4.78, 5) is 36.2. The second kappa shape index (κ2) is 15.9. The highest BCUT2D eigenvalue weighted by atomic mass is 19.4. The lowest BCUT2D eigenvalue weighted by atomic mass is 9.96. The van der Waals surface area contributed by atoms with Gasteiger partial charge in [0.25, 0.3) is 0 Å². The highest BCUT2D eigenvalue weighted by Gasteiger charge is 2.32. The third-order valence-corrected chi connectivity index (χ3v) is 12.1. The minimum atomic E-state index is -4.62. The zero-order chi connectivity index (χ0) is 45.9. The molecule has 0 aliphatic rings. The van der Waals surface area contributed by atoms with E-state index >= 15 is 0 Å². The van der Waals surface area contributed by atoms with E-state index in [0.29, 0.717) is 51.3 Å². The van der Waals surface area contributed by atoms with E-state index in [2.05, 4.69) is 45.9 Å². The maximum Gasteiger partial charge on any atom is 0.416 e. The smallest absolute Gasteiger partial charge is 0.308 e. The SMILES string of the molecule is N#Cc1c(-n2c3ccc(-c4ncccn4)cc3c3cc(-c4ncccn4)ccc32)ccc(-c2cccc(C(F)(F)F)c2)c1-n1c2ccc(-c3ncccn3)cc2c2cc(-c3ncccn3)ccc21. The van der Waals surface area contributed by atoms with E-state index in [1.54, 1.807) is 86.0 Å². The zero-order valence-corrected chi connectivity index (χ0v) is 35.4. The van der Waals surface area contributed by atoms with Crippen molar-refractivity contribution < 1.29 is 13.2 Å². The first-order chi connectivity index (χ1) is 33.3. The van der Waals surface area contributed by atoms with Crippen LogP contribution in [0.1, 0.15) is 11.1 Å². The highest BCUT2D eigenvalue weighted by molar-refractivity contribution is 6.14. The van der Waals surface area contributed by atoms with Crippen LogP contribution in [0.4, 0.5) is 13.2 Å². The van der Waals surface area contributed by atoms with E-state index in [4.69, 9.17) is 0 Å². The first kappa shape index (κ1) is 40.1. The summed E-state index contributed by atoms with van der Waals surface area (Å²) >= 11 is 0. The molecule has 6 aromatic heterocycles. The molecule has 68 heavy (non-hydrogen) atoms. The largest absolute Gasteiger partial charge is 0.416 e. The molecule has 12 aromatic rings. The Morgan fingerprint density at radius 2 is 0.779 bits per heavy atom. The minimum absolute atomic E-state index is 0.217. The van der Waals surface area contributed by atoms with Crippen molar-refractivity contribution in [2.24, 2.45) is 0 Å². The van der Waals surface area contributed by atoms with E-state index in [1.807, 2.05) is 88.0 Å². The molecule has 0 atom stereocenters. The first-order valence-electron chi connectivity index (χ1n) is 21.3. The van der Waals surface area contributed by atoms with Gasteiger partial charge in [-0.2, -0.15) is 18.4 Å². The van der Waals surface area contributed by atoms with Gasteiger partial charge in [-0.3, -0.25) is 0 Å². The Bertz CT molecular complexity index is 3770. The summed E-state index contributed by atoms with van der Waals surface area (Å²) in [6, 6.07) is 41.9. The molecule has 0 radical (unpaired) electrons. The molecule has 11 nitrogen and oxygen atoms in total. The number of aromatic nitrogens is 10. The normalized spacial score (nSPS) is 11.7. The number of nitrogens with zero attached hydrogens (tertiary/aromatic N) is 11. The Hall–Kier alpha value is -9.48. The maximum atomic E-state index is 14.5. The molecule has 0 aliphatic heterocycles. The van der Waals surface area contributed by atoms with Crippen LogP contribution in [-0.2, 0) is 6.18 Å². The fourth-order valence-electron chi connectivity index (χ4n) is 9.10. The van der Waals surface area contributed by atoms with E-state index in [0.717, 1.165) is 67.0 Å². The number of hydrogen-bond acceptors (Lipinski definition) is 9. The van der Waals surface area contributed by atoms with E-state index in [-0.39, 0.29) is 11.1 Å². The van der Waals surface area contributed by atoms with Crippen LogP contribution in [0, 0.1) is 11.3 Å². The van der Waals surface area contributed by atoms with Crippen molar-refractivity contribution in [1.82, 2.24) is 49.0 Å². The third kappa shape index (κ3) is 6.68. The van der Waals surface area contributed by atoms with Crippen LogP contribution in [-0.4, -0.2) is 49.0 Å². The van der Waals surface area contributed by atoms with Crippen molar-refractivity contribution in [3.8, 4) is 74.1 Å². The van der Waals surface area contributed by atoms with Crippen LogP contribution in [0.15, 0.2) is 183 Å². The Kier molecular flexibility index (Phi) is 9.36. The quantitative estimate of drug-likeness (QED) is 0.153. The summed E-state index contributed by atoms with van der Waals surface area (Å²) in [6.07, 6.45) is 8.83. The minimum Gasteiger partial charge on any atom is -0.308 e. The van der Waals surface area contributed by atoms with Crippen molar-refractivity contribution in [2.45, 2.75) is 6.18 Å². The number of rotatable bonds is 7. The monoisotopic (exact) mass is 889 g/mol. The molecule has 322 valence electrons. The van der Waals surface area contributed by atoms with Crippen LogP contribution in [0.2, 0.25) is 0 Å². The van der Waals surface area contributed by atoms with Crippen molar-refractivity contribution in [3.63, 3.8) is 0 Å². The number of halogens is 3. The first-order valence-corrected chi connectivity index (χ1v) is 21.3. The van der Waals surface area contributed by atoms with Crippen LogP contribution in [0.25, 0.3) is 112 Å². The fourth-order valence-corrected chi connectivity index (χ4v) is 9.10. The molecule has 0 N–H and O–H groups in total. The number of fused-ring (bicyclic) bond motifs is 6. The van der Waals surface area contributed by atoms with Crippen molar-refractivity contribution in [3.05, 3.63) is 194 Å². The lowest BCUT2D eigenvalue weighted by molar-refractivity contribution is -0.137. The van der Waals surface area contributed by atoms with Gasteiger partial charge in [0.15, 0.2) is 23.3 Å². The summed E-state index contributed by atoms with van der Waals surface area (Å²) in [5.74, 6) is 2.10. The molecule has 0 amide bonds. The van der Waals surface area contributed by atoms with Gasteiger partial charge in [0.2, 0.25) is 0 Å². The average Bonchev–Trinajstić information content (AvgIpc) is 3.90. The van der Waals surface area contributed by atoms with Gasteiger partial charge >= 0.3 is 6.18 Å². The predicted molar refractivity (Wildman–Crippen MR) is 254 cm³/mol. The average molecular weight is 890 g/mol. The van der Waals surface area contributed by atoms with Crippen LogP contribution in [0.3, 0.4) is 0 Å². The van der Waals surface area contributed by atoms with Gasteiger partial charge in [0.05, 0.1) is 39.0 Å². The second-order valence-corrected chi connectivity index (χ2v) is 15.9. The van der Waals surface area contributed by atoms with Gasteiger partial charge in [-0.25, -0.2) is 39.9 Å². The van der Waals surface area contributed by atoms with Gasteiger partial charge in [0, 0.05) is 98.9 Å². The third-order valence-electron chi connectivity index (χ3n) is 12.1. The van der Waals surface area contributed by atoms with Gasteiger partial charge < -0.3 is 9.13 Å². The molecular weight excluding hydrogens is 860 g/mol. The van der Waals surface area contributed by atoms with Crippen molar-refractivity contribution in [1.29, 1.82) is 5.26 Å². The molecule has 0 aliphatic carbocycles. The van der Waals surface area contributed by atoms with Crippen molar-refractivity contribution in [2.75, 3.05) is 0 Å². The molecule has 12 rings (SSSR count). The Morgan fingerprint density at radius 3 is 1.15 bits per heavy atom. The van der Waals surface area contributed by atoms with Gasteiger partial charge in [-0.15, -0.1) is 0 Å². The number of nitriles is 1. The van der Waals surface area contributed by atoms with Gasteiger partial charge in [-0.05, 0) is 121 Å². The molecule has 0 unspecified atom stereocenters. The molecule has 0 bridgehead atoms. The molecule has 0 saturated heterocycles. The Morgan fingerprint density at radius 1 is 0.397 bits per heavy atom. The lowest BCUT2D eigenvalue weighted by Gasteiger charge is -2.20. The molecule has 0 saturated carbocycles. The van der Waals surface area contributed by atoms with E-state index < -0.39 is 11.7 Å². The summed E-state index contributed by atoms with van der Waals surface area (Å²) in [5.41, 5.74) is 6.95. The second-order valence-electron chi connectivity index (χ2n) is 15.9. The molecule has 0 spiro atoms. The molecule has 6 aromatic carbocycles.